The topological polar surface area (TPSA) is 29.5 Å². The Morgan fingerprint density at radius 3 is 2.47 bits per heavy atom. The van der Waals surface area contributed by atoms with E-state index < -0.39 is 0 Å². The lowest BCUT2D eigenvalue weighted by Gasteiger charge is -2.04. The normalized spacial score (nSPS) is 10.5. The first-order valence-electron chi connectivity index (χ1n) is 5.68. The minimum atomic E-state index is 0.307. The van der Waals surface area contributed by atoms with Gasteiger partial charge in [0.2, 0.25) is 0 Å². The summed E-state index contributed by atoms with van der Waals surface area (Å²) in [5, 5.41) is 9.08. The van der Waals surface area contributed by atoms with Crippen molar-refractivity contribution in [1.82, 2.24) is 0 Å². The molecule has 15 heavy (non-hydrogen) atoms. The second-order valence-electron chi connectivity index (χ2n) is 3.78. The number of hydrogen-bond acceptors (Lipinski definition) is 2. The number of phenols is 1. The van der Waals surface area contributed by atoms with E-state index in [-0.39, 0.29) is 0 Å². The molecule has 0 unspecified atom stereocenters. The van der Waals surface area contributed by atoms with Crippen LogP contribution in [0.1, 0.15) is 38.2 Å². The Balaban J connectivity index is 2.07. The number of phenolic OH excluding ortho intramolecular Hbond substituents is 1. The molecule has 0 amide bonds. The average molecular weight is 208 g/mol. The third-order valence-electron chi connectivity index (χ3n) is 2.35. The highest BCUT2D eigenvalue weighted by atomic mass is 16.5. The molecule has 0 radical (unpaired) electrons. The van der Waals surface area contributed by atoms with Crippen LogP contribution in [0.2, 0.25) is 0 Å². The van der Waals surface area contributed by atoms with Crippen LogP contribution in [0.4, 0.5) is 0 Å². The molecule has 2 heteroatoms. The summed E-state index contributed by atoms with van der Waals surface area (Å²) in [4.78, 5) is 0. The fraction of sp³-hybridized carbons (Fsp3) is 0.538. The second-order valence-corrected chi connectivity index (χ2v) is 3.78. The van der Waals surface area contributed by atoms with Crippen LogP contribution in [0.15, 0.2) is 24.3 Å². The Bertz CT molecular complexity index is 254. The molecule has 0 aliphatic rings. The van der Waals surface area contributed by atoms with E-state index in [4.69, 9.17) is 9.84 Å². The first-order chi connectivity index (χ1) is 7.33. The molecule has 1 aromatic rings. The fourth-order valence-corrected chi connectivity index (χ4v) is 1.41. The smallest absolute Gasteiger partial charge is 0.115 e. The summed E-state index contributed by atoms with van der Waals surface area (Å²) < 4.78 is 5.52. The Morgan fingerprint density at radius 1 is 1.07 bits per heavy atom. The maximum Gasteiger partial charge on any atom is 0.115 e. The zero-order valence-corrected chi connectivity index (χ0v) is 9.41. The van der Waals surface area contributed by atoms with E-state index in [1.165, 1.54) is 19.3 Å². The molecule has 1 N–H and O–H groups in total. The molecule has 0 saturated heterocycles. The number of unbranched alkanes of at least 4 members (excludes halogenated alkanes) is 3. The summed E-state index contributed by atoms with van der Waals surface area (Å²) in [6, 6.07) is 7.16. The Labute approximate surface area is 91.9 Å². The molecule has 84 valence electrons. The summed E-state index contributed by atoms with van der Waals surface area (Å²) in [6.07, 6.45) is 4.96. The van der Waals surface area contributed by atoms with Crippen LogP contribution in [0.5, 0.6) is 5.75 Å². The quantitative estimate of drug-likeness (QED) is 0.695. The van der Waals surface area contributed by atoms with Gasteiger partial charge in [0, 0.05) is 6.61 Å². The second kappa shape index (κ2) is 7.30. The Kier molecular flexibility index (Phi) is 5.86. The van der Waals surface area contributed by atoms with Crippen molar-refractivity contribution in [3.05, 3.63) is 29.8 Å². The van der Waals surface area contributed by atoms with Gasteiger partial charge in [-0.1, -0.05) is 38.3 Å². The molecule has 0 aliphatic carbocycles. The van der Waals surface area contributed by atoms with Gasteiger partial charge in [-0.15, -0.1) is 0 Å². The van der Waals surface area contributed by atoms with E-state index in [9.17, 15) is 0 Å². The average Bonchev–Trinajstić information content (AvgIpc) is 2.26. The van der Waals surface area contributed by atoms with Gasteiger partial charge >= 0.3 is 0 Å². The maximum absolute atomic E-state index is 9.08. The third-order valence-corrected chi connectivity index (χ3v) is 2.35. The molecule has 2 nitrogen and oxygen atoms in total. The van der Waals surface area contributed by atoms with Gasteiger partial charge in [0.25, 0.3) is 0 Å². The zero-order chi connectivity index (χ0) is 10.9. The van der Waals surface area contributed by atoms with Crippen LogP contribution in [-0.2, 0) is 11.3 Å². The highest BCUT2D eigenvalue weighted by molar-refractivity contribution is 5.25. The third kappa shape index (κ3) is 5.43. The van der Waals surface area contributed by atoms with Crippen LogP contribution in [0.3, 0.4) is 0 Å². The zero-order valence-electron chi connectivity index (χ0n) is 9.41. The van der Waals surface area contributed by atoms with E-state index in [0.29, 0.717) is 12.4 Å². The van der Waals surface area contributed by atoms with Crippen molar-refractivity contribution in [1.29, 1.82) is 0 Å². The van der Waals surface area contributed by atoms with E-state index >= 15 is 0 Å². The minimum absolute atomic E-state index is 0.307. The summed E-state index contributed by atoms with van der Waals surface area (Å²) in [5.74, 6) is 0.307. The van der Waals surface area contributed by atoms with Gasteiger partial charge in [0.1, 0.15) is 5.75 Å². The van der Waals surface area contributed by atoms with Crippen LogP contribution in [0.25, 0.3) is 0 Å². The number of hydrogen-bond donors (Lipinski definition) is 1. The summed E-state index contributed by atoms with van der Waals surface area (Å²) in [5.41, 5.74) is 1.11. The molecule has 0 fully saturated rings. The monoisotopic (exact) mass is 208 g/mol. The van der Waals surface area contributed by atoms with E-state index in [2.05, 4.69) is 6.92 Å². The van der Waals surface area contributed by atoms with Crippen molar-refractivity contribution >= 4 is 0 Å². The van der Waals surface area contributed by atoms with E-state index in [1.54, 1.807) is 12.1 Å². The highest BCUT2D eigenvalue weighted by Crippen LogP contribution is 2.10. The van der Waals surface area contributed by atoms with E-state index in [1.807, 2.05) is 12.1 Å². The van der Waals surface area contributed by atoms with Gasteiger partial charge in [-0.05, 0) is 24.1 Å². The van der Waals surface area contributed by atoms with Crippen molar-refractivity contribution in [2.45, 2.75) is 39.2 Å². The molecule has 0 aromatic heterocycles. The van der Waals surface area contributed by atoms with Crippen molar-refractivity contribution in [2.75, 3.05) is 6.61 Å². The first-order valence-corrected chi connectivity index (χ1v) is 5.68. The molecule has 1 rings (SSSR count). The number of benzene rings is 1. The molecule has 0 aliphatic heterocycles. The van der Waals surface area contributed by atoms with Gasteiger partial charge in [-0.2, -0.15) is 0 Å². The first kappa shape index (κ1) is 12.1. The van der Waals surface area contributed by atoms with Crippen molar-refractivity contribution < 1.29 is 9.84 Å². The predicted octanol–water partition coefficient (Wildman–Crippen LogP) is 3.49. The lowest BCUT2D eigenvalue weighted by Crippen LogP contribution is -1.95. The van der Waals surface area contributed by atoms with Gasteiger partial charge in [-0.25, -0.2) is 0 Å². The molecular formula is C13H20O2. The Hall–Kier alpha value is -1.02. The van der Waals surface area contributed by atoms with Crippen molar-refractivity contribution in [3.63, 3.8) is 0 Å². The van der Waals surface area contributed by atoms with Gasteiger partial charge in [-0.3, -0.25) is 0 Å². The van der Waals surface area contributed by atoms with Crippen molar-refractivity contribution in [2.24, 2.45) is 0 Å². The molecule has 0 spiro atoms. The van der Waals surface area contributed by atoms with Crippen LogP contribution < -0.4 is 0 Å². The van der Waals surface area contributed by atoms with Gasteiger partial charge < -0.3 is 9.84 Å². The van der Waals surface area contributed by atoms with E-state index in [0.717, 1.165) is 18.6 Å². The molecule has 1 aromatic carbocycles. The fourth-order valence-electron chi connectivity index (χ4n) is 1.41. The highest BCUT2D eigenvalue weighted by Gasteiger charge is 1.93. The summed E-state index contributed by atoms with van der Waals surface area (Å²) >= 11 is 0. The SMILES string of the molecule is CCCCCCOCc1ccc(O)cc1. The van der Waals surface area contributed by atoms with Crippen LogP contribution >= 0.6 is 0 Å². The lowest BCUT2D eigenvalue weighted by atomic mass is 10.2. The maximum atomic E-state index is 9.08. The number of aromatic hydroxyl groups is 1. The minimum Gasteiger partial charge on any atom is -0.508 e. The van der Waals surface area contributed by atoms with Gasteiger partial charge in [0.15, 0.2) is 0 Å². The number of ether oxygens (including phenoxy) is 1. The van der Waals surface area contributed by atoms with Gasteiger partial charge in [0.05, 0.1) is 6.61 Å². The van der Waals surface area contributed by atoms with Crippen LogP contribution in [-0.4, -0.2) is 11.7 Å². The Morgan fingerprint density at radius 2 is 1.80 bits per heavy atom. The largest absolute Gasteiger partial charge is 0.508 e. The van der Waals surface area contributed by atoms with Crippen LogP contribution in [0, 0.1) is 0 Å². The van der Waals surface area contributed by atoms with Crippen molar-refractivity contribution in [3.8, 4) is 5.75 Å². The molecule has 0 saturated carbocycles. The lowest BCUT2D eigenvalue weighted by molar-refractivity contribution is 0.117. The number of rotatable bonds is 7. The molecule has 0 atom stereocenters. The molecular weight excluding hydrogens is 188 g/mol. The summed E-state index contributed by atoms with van der Waals surface area (Å²) in [7, 11) is 0. The standard InChI is InChI=1S/C13H20O2/c1-2-3-4-5-10-15-11-12-6-8-13(14)9-7-12/h6-9,14H,2-5,10-11H2,1H3. The predicted molar refractivity (Wildman–Crippen MR) is 61.9 cm³/mol. The summed E-state index contributed by atoms with van der Waals surface area (Å²) in [6.45, 7) is 3.69. The molecule has 0 heterocycles. The molecule has 0 bridgehead atoms.